The number of allylic oxidation sites excluding steroid dienone is 15. The van der Waals surface area contributed by atoms with E-state index in [0.717, 1.165) is 77.0 Å². The first kappa shape index (κ1) is 76.0. The molecule has 2 aliphatic rings. The highest BCUT2D eigenvalue weighted by molar-refractivity contribution is 5.76. The summed E-state index contributed by atoms with van der Waals surface area (Å²) in [6.45, 7) is 2.66. The number of ether oxygens (including phenoxy) is 4. The second kappa shape index (κ2) is 53.2. The van der Waals surface area contributed by atoms with E-state index >= 15 is 0 Å². The third-order valence-corrected chi connectivity index (χ3v) is 15.5. The van der Waals surface area contributed by atoms with Gasteiger partial charge in [0.15, 0.2) is 12.6 Å². The smallest absolute Gasteiger partial charge is 0.220 e. The predicted molar refractivity (Wildman–Crippen MR) is 336 cm³/mol. The number of hydrogen-bond donors (Lipinski definition) is 9. The van der Waals surface area contributed by atoms with Gasteiger partial charge in [-0.25, -0.2) is 0 Å². The lowest BCUT2D eigenvalue weighted by Gasteiger charge is -2.46. The minimum Gasteiger partial charge on any atom is -0.394 e. The normalized spacial score (nSPS) is 24.5. The number of aliphatic hydroxyl groups excluding tert-OH is 8. The molecule has 2 rings (SSSR count). The molecule has 0 aromatic carbocycles. The Bertz CT molecular complexity index is 1760. The third kappa shape index (κ3) is 37.9. The molecule has 14 nitrogen and oxygen atoms in total. The Kier molecular flexibility index (Phi) is 48.7. The summed E-state index contributed by atoms with van der Waals surface area (Å²) in [4.78, 5) is 13.3. The summed E-state index contributed by atoms with van der Waals surface area (Å²) in [5, 5.41) is 87.2. The number of unbranched alkanes of at least 4 members (excludes halogenated alkanes) is 25. The van der Waals surface area contributed by atoms with Crippen molar-refractivity contribution in [1.29, 1.82) is 0 Å². The van der Waals surface area contributed by atoms with E-state index in [0.29, 0.717) is 12.8 Å². The Balaban J connectivity index is 1.70. The number of aliphatic hydroxyl groups is 8. The number of nitrogens with one attached hydrogen (secondary N) is 1. The molecule has 478 valence electrons. The van der Waals surface area contributed by atoms with E-state index in [9.17, 15) is 45.6 Å². The highest BCUT2D eigenvalue weighted by atomic mass is 16.7. The van der Waals surface area contributed by atoms with Crippen LogP contribution in [0.25, 0.3) is 0 Å². The second-order valence-electron chi connectivity index (χ2n) is 22.8. The molecule has 0 saturated carbocycles. The van der Waals surface area contributed by atoms with E-state index in [-0.39, 0.29) is 18.9 Å². The van der Waals surface area contributed by atoms with Gasteiger partial charge in [0.25, 0.3) is 0 Å². The minimum absolute atomic E-state index is 0.256. The van der Waals surface area contributed by atoms with E-state index in [2.05, 4.69) is 104 Å². The van der Waals surface area contributed by atoms with Gasteiger partial charge in [0.2, 0.25) is 5.91 Å². The van der Waals surface area contributed by atoms with Gasteiger partial charge in [0.05, 0.1) is 32.0 Å². The molecule has 1 amide bonds. The molecule has 14 heteroatoms. The Morgan fingerprint density at radius 2 is 0.843 bits per heavy atom. The van der Waals surface area contributed by atoms with Crippen molar-refractivity contribution < 1.29 is 64.6 Å². The van der Waals surface area contributed by atoms with Crippen LogP contribution in [0.15, 0.2) is 97.2 Å². The van der Waals surface area contributed by atoms with E-state index in [4.69, 9.17) is 18.9 Å². The molecular formula is C69H119NO13. The topological polar surface area (TPSA) is 228 Å². The van der Waals surface area contributed by atoms with Crippen LogP contribution in [0.2, 0.25) is 0 Å². The Morgan fingerprint density at radius 1 is 0.446 bits per heavy atom. The largest absolute Gasteiger partial charge is 0.394 e. The predicted octanol–water partition coefficient (Wildman–Crippen LogP) is 12.6. The van der Waals surface area contributed by atoms with Crippen LogP contribution in [0.5, 0.6) is 0 Å². The van der Waals surface area contributed by atoms with Crippen LogP contribution in [0, 0.1) is 0 Å². The summed E-state index contributed by atoms with van der Waals surface area (Å²) in [7, 11) is 0. The summed E-state index contributed by atoms with van der Waals surface area (Å²) in [6, 6.07) is -0.943. The lowest BCUT2D eigenvalue weighted by molar-refractivity contribution is -0.359. The number of amides is 1. The van der Waals surface area contributed by atoms with Crippen LogP contribution in [0.1, 0.15) is 239 Å². The quantitative estimate of drug-likeness (QED) is 0.0204. The van der Waals surface area contributed by atoms with Crippen LogP contribution in [-0.2, 0) is 23.7 Å². The minimum atomic E-state index is -1.80. The van der Waals surface area contributed by atoms with E-state index in [1.165, 1.54) is 128 Å². The molecule has 0 aromatic rings. The standard InChI is InChI=1S/C69H119NO13/c1-3-5-7-9-11-13-15-17-19-21-23-24-25-26-27-28-29-30-31-32-33-34-35-37-39-41-43-45-47-49-51-53-61(74)70-57(58(73)52-50-48-46-44-42-40-38-36-22-20-18-16-14-12-10-8-6-4-2)56-80-68-66(79)64(77)67(60(55-72)82-68)83-69-65(78)63(76)62(75)59(54-71)81-69/h5,7,11,13,17,19,22-24,26-27,36,42,44,50,52,57-60,62-69,71-73,75-79H,3-4,6,8-10,12,14-16,18,20-21,25,28-35,37-41,43,45-49,51,53-56H2,1-2H3,(H,70,74)/b7-5-,13-11-,19-17-,24-23-,27-26-,36-22+,44-42+,52-50+. The van der Waals surface area contributed by atoms with Crippen molar-refractivity contribution in [3.63, 3.8) is 0 Å². The van der Waals surface area contributed by atoms with E-state index < -0.39 is 86.8 Å². The lowest BCUT2D eigenvalue weighted by Crippen LogP contribution is -2.65. The molecule has 0 radical (unpaired) electrons. The molecule has 0 spiro atoms. The Labute approximate surface area is 503 Å². The highest BCUT2D eigenvalue weighted by Gasteiger charge is 2.51. The molecule has 0 aliphatic carbocycles. The maximum Gasteiger partial charge on any atom is 0.220 e. The molecule has 12 unspecified atom stereocenters. The average molecular weight is 1170 g/mol. The van der Waals surface area contributed by atoms with Gasteiger partial charge in [0.1, 0.15) is 48.8 Å². The Hall–Kier alpha value is -3.09. The molecule has 9 N–H and O–H groups in total. The van der Waals surface area contributed by atoms with Crippen LogP contribution in [-0.4, -0.2) is 140 Å². The Morgan fingerprint density at radius 3 is 1.33 bits per heavy atom. The average Bonchev–Trinajstić information content (AvgIpc) is 3.64. The zero-order chi connectivity index (χ0) is 60.2. The van der Waals surface area contributed by atoms with Gasteiger partial charge in [-0.1, -0.05) is 239 Å². The SMILES string of the molecule is CC/C=C\C/C=C\C/C=C\C/C=C\C/C=C\CCCCCCCCCCCCCCCCCC(=O)NC(COC1OC(CO)C(OC2OC(CO)C(O)C(O)C2O)C(O)C1O)C(O)/C=C/CC/C=C/CC/C=C/CCCCCCCCCC. The fraction of sp³-hybridized carbons (Fsp3) is 0.754. The lowest BCUT2D eigenvalue weighted by atomic mass is 9.97. The van der Waals surface area contributed by atoms with E-state index in [1.54, 1.807) is 6.08 Å². The van der Waals surface area contributed by atoms with Crippen molar-refractivity contribution in [2.45, 2.75) is 312 Å². The first-order chi connectivity index (χ1) is 40.6. The second-order valence-corrected chi connectivity index (χ2v) is 22.8. The first-order valence-corrected chi connectivity index (χ1v) is 33.0. The van der Waals surface area contributed by atoms with Crippen molar-refractivity contribution in [1.82, 2.24) is 5.32 Å². The molecule has 12 atom stereocenters. The molecular weight excluding hydrogens is 1050 g/mol. The van der Waals surface area contributed by atoms with Gasteiger partial charge in [-0.05, 0) is 89.9 Å². The summed E-state index contributed by atoms with van der Waals surface area (Å²) in [6.07, 6.45) is 57.4. The molecule has 2 heterocycles. The fourth-order valence-corrected chi connectivity index (χ4v) is 10.2. The molecule has 2 saturated heterocycles. The van der Waals surface area contributed by atoms with Gasteiger partial charge >= 0.3 is 0 Å². The van der Waals surface area contributed by atoms with Gasteiger partial charge < -0.3 is 65.1 Å². The van der Waals surface area contributed by atoms with Crippen molar-refractivity contribution in [2.24, 2.45) is 0 Å². The molecule has 83 heavy (non-hydrogen) atoms. The zero-order valence-corrected chi connectivity index (χ0v) is 51.7. The summed E-state index contributed by atoms with van der Waals surface area (Å²) in [5.41, 5.74) is 0. The van der Waals surface area contributed by atoms with Crippen molar-refractivity contribution in [2.75, 3.05) is 19.8 Å². The van der Waals surface area contributed by atoms with Gasteiger partial charge in [-0.3, -0.25) is 4.79 Å². The summed E-state index contributed by atoms with van der Waals surface area (Å²) < 4.78 is 22.8. The van der Waals surface area contributed by atoms with Gasteiger partial charge in [-0.15, -0.1) is 0 Å². The van der Waals surface area contributed by atoms with Gasteiger partial charge in [0, 0.05) is 6.42 Å². The number of carbonyl (C=O) groups is 1. The van der Waals surface area contributed by atoms with Crippen LogP contribution >= 0.6 is 0 Å². The first-order valence-electron chi connectivity index (χ1n) is 33.0. The maximum absolute atomic E-state index is 13.3. The van der Waals surface area contributed by atoms with Crippen molar-refractivity contribution in [3.05, 3.63) is 97.2 Å². The van der Waals surface area contributed by atoms with Crippen molar-refractivity contribution >= 4 is 5.91 Å². The molecule has 2 fully saturated rings. The monoisotopic (exact) mass is 1170 g/mol. The third-order valence-electron chi connectivity index (χ3n) is 15.5. The fourth-order valence-electron chi connectivity index (χ4n) is 10.2. The van der Waals surface area contributed by atoms with Crippen LogP contribution in [0.3, 0.4) is 0 Å². The van der Waals surface area contributed by atoms with Gasteiger partial charge in [-0.2, -0.15) is 0 Å². The molecule has 2 aliphatic heterocycles. The number of hydrogen-bond acceptors (Lipinski definition) is 13. The van der Waals surface area contributed by atoms with E-state index in [1.807, 2.05) is 6.08 Å². The highest BCUT2D eigenvalue weighted by Crippen LogP contribution is 2.30. The molecule has 0 aromatic heterocycles. The summed E-state index contributed by atoms with van der Waals surface area (Å²) >= 11 is 0. The number of rotatable bonds is 52. The van der Waals surface area contributed by atoms with Crippen molar-refractivity contribution in [3.8, 4) is 0 Å². The van der Waals surface area contributed by atoms with Crippen LogP contribution < -0.4 is 5.32 Å². The summed E-state index contributed by atoms with van der Waals surface area (Å²) in [5.74, 6) is -0.256. The zero-order valence-electron chi connectivity index (χ0n) is 51.7. The molecule has 0 bridgehead atoms. The number of carbonyl (C=O) groups excluding carboxylic acids is 1. The maximum atomic E-state index is 13.3. The van der Waals surface area contributed by atoms with Crippen LogP contribution in [0.4, 0.5) is 0 Å².